The van der Waals surface area contributed by atoms with Gasteiger partial charge in [-0.05, 0) is 50.8 Å². The van der Waals surface area contributed by atoms with Crippen molar-refractivity contribution in [1.82, 2.24) is 15.0 Å². The second kappa shape index (κ2) is 11.9. The molecule has 1 aliphatic carbocycles. The van der Waals surface area contributed by atoms with Gasteiger partial charge in [-0.3, -0.25) is 14.5 Å². The molecule has 0 bridgehead atoms. The van der Waals surface area contributed by atoms with E-state index in [0.717, 1.165) is 30.7 Å². The summed E-state index contributed by atoms with van der Waals surface area (Å²) in [4.78, 5) is 34.0. The maximum absolute atomic E-state index is 14.3. The molecule has 2 fully saturated rings. The van der Waals surface area contributed by atoms with Crippen LogP contribution in [-0.2, 0) is 10.2 Å². The number of halogens is 2. The van der Waals surface area contributed by atoms with E-state index in [1.54, 1.807) is 13.2 Å². The minimum absolute atomic E-state index is 0.00854. The van der Waals surface area contributed by atoms with Gasteiger partial charge in [0.15, 0.2) is 11.5 Å². The summed E-state index contributed by atoms with van der Waals surface area (Å²) in [6.07, 6.45) is 3.67. The van der Waals surface area contributed by atoms with Gasteiger partial charge in [-0.2, -0.15) is 0 Å². The Morgan fingerprint density at radius 1 is 1.12 bits per heavy atom. The van der Waals surface area contributed by atoms with E-state index in [4.69, 9.17) is 9.26 Å². The molecule has 8 nitrogen and oxygen atoms in total. The Kier molecular flexibility index (Phi) is 8.55. The molecular formula is C33H39F2N3O5. The van der Waals surface area contributed by atoms with Crippen LogP contribution in [0.5, 0.6) is 5.88 Å². The molecule has 0 unspecified atom stereocenters. The average Bonchev–Trinajstić information content (AvgIpc) is 3.41. The van der Waals surface area contributed by atoms with Crippen LogP contribution in [0.4, 0.5) is 8.78 Å². The lowest BCUT2D eigenvalue weighted by molar-refractivity contribution is -0.128. The van der Waals surface area contributed by atoms with Crippen molar-refractivity contribution in [2.24, 2.45) is 5.41 Å². The molecule has 3 heterocycles. The number of ketones is 2. The molecule has 1 aliphatic heterocycles. The maximum atomic E-state index is 14.3. The highest BCUT2D eigenvalue weighted by atomic mass is 19.1. The molecule has 0 radical (unpaired) electrons. The molecule has 230 valence electrons. The monoisotopic (exact) mass is 595 g/mol. The summed E-state index contributed by atoms with van der Waals surface area (Å²) >= 11 is 0. The van der Waals surface area contributed by atoms with E-state index in [1.165, 1.54) is 12.1 Å². The lowest BCUT2D eigenvalue weighted by Crippen LogP contribution is -2.62. The Morgan fingerprint density at radius 2 is 1.84 bits per heavy atom. The number of hydrogen-bond donors (Lipinski definition) is 1. The summed E-state index contributed by atoms with van der Waals surface area (Å²) in [7, 11) is 1.55. The van der Waals surface area contributed by atoms with Gasteiger partial charge in [-0.1, -0.05) is 25.1 Å². The number of benzene rings is 1. The second-order valence-corrected chi connectivity index (χ2v) is 13.3. The largest absolute Gasteiger partial charge is 0.481 e. The lowest BCUT2D eigenvalue weighted by Gasteiger charge is -2.54. The highest BCUT2D eigenvalue weighted by Gasteiger charge is 2.49. The Labute approximate surface area is 250 Å². The predicted molar refractivity (Wildman–Crippen MR) is 156 cm³/mol. The summed E-state index contributed by atoms with van der Waals surface area (Å²) in [5, 5.41) is 14.3. The second-order valence-electron chi connectivity index (χ2n) is 13.3. The summed E-state index contributed by atoms with van der Waals surface area (Å²) < 4.78 is 38.2. The maximum Gasteiger partial charge on any atom is 0.213 e. The third kappa shape index (κ3) is 7.02. The van der Waals surface area contributed by atoms with Crippen molar-refractivity contribution in [3.05, 3.63) is 65.5 Å². The summed E-state index contributed by atoms with van der Waals surface area (Å²) in [5.41, 5.74) is -0.994. The molecule has 2 aliphatic rings. The number of carbonyl (C=O) groups is 2. The number of pyridine rings is 1. The van der Waals surface area contributed by atoms with Crippen LogP contribution < -0.4 is 4.74 Å². The minimum atomic E-state index is -0.813. The predicted octanol–water partition coefficient (Wildman–Crippen LogP) is 5.92. The van der Waals surface area contributed by atoms with Crippen LogP contribution in [0.2, 0.25) is 0 Å². The summed E-state index contributed by atoms with van der Waals surface area (Å²) in [6, 6.07) is 10.2. The Balaban J connectivity index is 1.31. The van der Waals surface area contributed by atoms with Gasteiger partial charge >= 0.3 is 0 Å². The third-order valence-electron chi connectivity index (χ3n) is 8.99. The first-order valence-corrected chi connectivity index (χ1v) is 14.7. The van der Waals surface area contributed by atoms with Gasteiger partial charge in [0.2, 0.25) is 5.88 Å². The smallest absolute Gasteiger partial charge is 0.213 e. The van der Waals surface area contributed by atoms with Crippen molar-refractivity contribution in [2.75, 3.05) is 20.2 Å². The fourth-order valence-electron chi connectivity index (χ4n) is 6.57. The van der Waals surface area contributed by atoms with Crippen molar-refractivity contribution in [3.63, 3.8) is 0 Å². The molecule has 1 N–H and O–H groups in total. The van der Waals surface area contributed by atoms with E-state index in [9.17, 15) is 23.5 Å². The quantitative estimate of drug-likeness (QED) is 0.273. The number of methoxy groups -OCH3 is 1. The highest BCUT2D eigenvalue weighted by molar-refractivity contribution is 5.96. The molecule has 2 aromatic heterocycles. The fraction of sp³-hybridized carbons (Fsp3) is 0.515. The number of aliphatic hydroxyl groups is 1. The zero-order valence-electron chi connectivity index (χ0n) is 25.2. The van der Waals surface area contributed by atoms with Crippen LogP contribution in [0, 0.1) is 17.0 Å². The molecule has 5 rings (SSSR count). The Bertz CT molecular complexity index is 1490. The van der Waals surface area contributed by atoms with E-state index in [-0.39, 0.29) is 53.9 Å². The number of aromatic nitrogens is 2. The van der Waals surface area contributed by atoms with Crippen LogP contribution in [0.25, 0.3) is 11.3 Å². The standard InChI is InChI=1S/C33H39F2N3O5/c1-31(2,29-6-5-7-30(36-29)42-4)16-23(39)17-33(19-38(20-33)22-10-12-32(3,41)13-11-22)18-27(40)26-15-28(43-37-26)24-9-8-21(34)14-25(24)35/h5-9,14-15,22,41H,10-13,16-20H2,1-4H3. The van der Waals surface area contributed by atoms with Gasteiger partial charge in [0.05, 0.1) is 24.0 Å². The summed E-state index contributed by atoms with van der Waals surface area (Å²) in [5.74, 6) is -1.29. The lowest BCUT2D eigenvalue weighted by atomic mass is 9.68. The van der Waals surface area contributed by atoms with Gasteiger partial charge in [-0.25, -0.2) is 13.8 Å². The molecule has 1 aromatic carbocycles. The van der Waals surface area contributed by atoms with Gasteiger partial charge in [0, 0.05) is 67.4 Å². The van der Waals surface area contributed by atoms with Crippen molar-refractivity contribution >= 4 is 11.6 Å². The van der Waals surface area contributed by atoms with Crippen molar-refractivity contribution in [2.45, 2.75) is 82.8 Å². The van der Waals surface area contributed by atoms with Crippen LogP contribution >= 0.6 is 0 Å². The first-order chi connectivity index (χ1) is 20.3. The average molecular weight is 596 g/mol. The Hall–Kier alpha value is -3.50. The molecule has 0 atom stereocenters. The normalized spacial score (nSPS) is 22.2. The fourth-order valence-corrected chi connectivity index (χ4v) is 6.57. The van der Waals surface area contributed by atoms with Gasteiger partial charge in [0.25, 0.3) is 0 Å². The van der Waals surface area contributed by atoms with Crippen LogP contribution in [-0.4, -0.2) is 63.6 Å². The number of ether oxygens (including phenoxy) is 1. The van der Waals surface area contributed by atoms with Crippen molar-refractivity contribution in [3.8, 4) is 17.2 Å². The zero-order chi connectivity index (χ0) is 31.0. The van der Waals surface area contributed by atoms with E-state index in [2.05, 4.69) is 15.0 Å². The van der Waals surface area contributed by atoms with E-state index < -0.39 is 28.1 Å². The number of Topliss-reactive ketones (excluding diaryl/α,β-unsaturated/α-hetero) is 2. The number of hydrogen-bond acceptors (Lipinski definition) is 8. The van der Waals surface area contributed by atoms with E-state index in [1.807, 2.05) is 32.9 Å². The van der Waals surface area contributed by atoms with E-state index in [0.29, 0.717) is 31.8 Å². The van der Waals surface area contributed by atoms with Gasteiger partial charge in [-0.15, -0.1) is 0 Å². The van der Waals surface area contributed by atoms with E-state index >= 15 is 0 Å². The molecule has 1 saturated carbocycles. The molecule has 1 saturated heterocycles. The molecule has 0 amide bonds. The van der Waals surface area contributed by atoms with Crippen molar-refractivity contribution in [1.29, 1.82) is 0 Å². The van der Waals surface area contributed by atoms with Crippen LogP contribution in [0.3, 0.4) is 0 Å². The minimum Gasteiger partial charge on any atom is -0.481 e. The molecule has 0 spiro atoms. The Morgan fingerprint density at radius 3 is 2.51 bits per heavy atom. The van der Waals surface area contributed by atoms with Crippen LogP contribution in [0.15, 0.2) is 47.0 Å². The SMILES string of the molecule is COc1cccc(C(C)(C)CC(=O)CC2(CC(=O)c3cc(-c4ccc(F)cc4F)on3)CN(C3CCC(C)(O)CC3)C2)n1. The first kappa shape index (κ1) is 30.9. The topological polar surface area (TPSA) is 106 Å². The van der Waals surface area contributed by atoms with Gasteiger partial charge < -0.3 is 14.4 Å². The molecular weight excluding hydrogens is 556 g/mol. The van der Waals surface area contributed by atoms with Crippen molar-refractivity contribution < 1.29 is 32.7 Å². The first-order valence-electron chi connectivity index (χ1n) is 14.7. The number of likely N-dealkylation sites (tertiary alicyclic amines) is 1. The number of nitrogens with zero attached hydrogens (tertiary/aromatic N) is 3. The number of rotatable bonds is 11. The molecule has 10 heteroatoms. The zero-order valence-corrected chi connectivity index (χ0v) is 25.2. The molecule has 3 aromatic rings. The van der Waals surface area contributed by atoms with Crippen LogP contribution in [0.1, 0.15) is 81.9 Å². The molecule has 43 heavy (non-hydrogen) atoms. The number of carbonyl (C=O) groups excluding carboxylic acids is 2. The summed E-state index contributed by atoms with van der Waals surface area (Å²) in [6.45, 7) is 6.96. The highest BCUT2D eigenvalue weighted by Crippen LogP contribution is 2.44. The van der Waals surface area contributed by atoms with Gasteiger partial charge in [0.1, 0.15) is 23.1 Å². The third-order valence-corrected chi connectivity index (χ3v) is 8.99.